The normalized spacial score (nSPS) is 9.67. The second kappa shape index (κ2) is 4.43. The molecule has 6 nitrogen and oxygen atoms in total. The van der Waals surface area contributed by atoms with E-state index in [1.165, 1.54) is 12.1 Å². The highest BCUT2D eigenvalue weighted by atomic mass is 16.5. The molecular formula is C9H10N2O4. The number of rotatable bonds is 3. The molecule has 80 valence electrons. The molecule has 0 aromatic heterocycles. The standard InChI is InChI=1S/C9H10N2O4/c10-4-5-1-2-7(15-9(11)14)6(3-5)8(12)13/h1-3H,4,10H2,(H2,11,14)(H,12,13). The first-order chi connectivity index (χ1) is 7.04. The highest BCUT2D eigenvalue weighted by molar-refractivity contribution is 5.92. The van der Waals surface area contributed by atoms with Crippen LogP contribution in [-0.4, -0.2) is 17.2 Å². The molecule has 0 saturated carbocycles. The van der Waals surface area contributed by atoms with E-state index in [0.717, 1.165) is 0 Å². The van der Waals surface area contributed by atoms with Crippen LogP contribution in [0.3, 0.4) is 0 Å². The number of carboxylic acid groups (broad SMARTS) is 1. The molecule has 0 aliphatic rings. The van der Waals surface area contributed by atoms with E-state index < -0.39 is 12.1 Å². The second-order valence-corrected chi connectivity index (χ2v) is 2.76. The lowest BCUT2D eigenvalue weighted by molar-refractivity contribution is 0.0694. The highest BCUT2D eigenvalue weighted by Crippen LogP contribution is 2.20. The first-order valence-electron chi connectivity index (χ1n) is 4.08. The molecule has 0 spiro atoms. The zero-order chi connectivity index (χ0) is 11.4. The third-order valence-electron chi connectivity index (χ3n) is 1.72. The van der Waals surface area contributed by atoms with Crippen molar-refractivity contribution in [3.8, 4) is 5.75 Å². The quantitative estimate of drug-likeness (QED) is 0.663. The van der Waals surface area contributed by atoms with E-state index in [1.807, 2.05) is 0 Å². The average molecular weight is 210 g/mol. The number of ether oxygens (including phenoxy) is 1. The van der Waals surface area contributed by atoms with Gasteiger partial charge >= 0.3 is 12.1 Å². The predicted molar refractivity (Wildman–Crippen MR) is 51.5 cm³/mol. The smallest absolute Gasteiger partial charge is 0.409 e. The molecule has 15 heavy (non-hydrogen) atoms. The van der Waals surface area contributed by atoms with Crippen LogP contribution in [0.2, 0.25) is 0 Å². The summed E-state index contributed by atoms with van der Waals surface area (Å²) >= 11 is 0. The number of benzene rings is 1. The minimum absolute atomic E-state index is 0.0906. The number of carbonyl (C=O) groups excluding carboxylic acids is 1. The van der Waals surface area contributed by atoms with E-state index in [0.29, 0.717) is 5.56 Å². The van der Waals surface area contributed by atoms with Gasteiger partial charge in [-0.3, -0.25) is 0 Å². The molecule has 1 rings (SSSR count). The van der Waals surface area contributed by atoms with E-state index in [2.05, 4.69) is 4.74 Å². The monoisotopic (exact) mass is 210 g/mol. The summed E-state index contributed by atoms with van der Waals surface area (Å²) in [6.45, 7) is 0.205. The van der Waals surface area contributed by atoms with Crippen LogP contribution in [0.1, 0.15) is 15.9 Å². The van der Waals surface area contributed by atoms with Crippen molar-refractivity contribution in [2.24, 2.45) is 11.5 Å². The van der Waals surface area contributed by atoms with Gasteiger partial charge in [-0.15, -0.1) is 0 Å². The maximum atomic E-state index is 10.8. The Balaban J connectivity index is 3.15. The molecule has 0 saturated heterocycles. The molecular weight excluding hydrogens is 200 g/mol. The van der Waals surface area contributed by atoms with E-state index in [-0.39, 0.29) is 17.9 Å². The summed E-state index contributed by atoms with van der Waals surface area (Å²) in [6.07, 6.45) is -1.06. The third kappa shape index (κ3) is 2.68. The van der Waals surface area contributed by atoms with Gasteiger partial charge in [0, 0.05) is 6.54 Å². The van der Waals surface area contributed by atoms with Crippen molar-refractivity contribution in [2.45, 2.75) is 6.54 Å². The number of carboxylic acids is 1. The van der Waals surface area contributed by atoms with Gasteiger partial charge < -0.3 is 21.3 Å². The number of primary amides is 1. The van der Waals surface area contributed by atoms with Crippen LogP contribution in [0.25, 0.3) is 0 Å². The van der Waals surface area contributed by atoms with Crippen molar-refractivity contribution in [1.82, 2.24) is 0 Å². The zero-order valence-electron chi connectivity index (χ0n) is 7.77. The van der Waals surface area contributed by atoms with Gasteiger partial charge in [-0.25, -0.2) is 9.59 Å². The molecule has 6 heteroatoms. The Labute approximate surface area is 85.4 Å². The number of hydrogen-bond donors (Lipinski definition) is 3. The first-order valence-corrected chi connectivity index (χ1v) is 4.08. The van der Waals surface area contributed by atoms with Crippen LogP contribution in [0.4, 0.5) is 4.79 Å². The lowest BCUT2D eigenvalue weighted by Crippen LogP contribution is -2.18. The van der Waals surface area contributed by atoms with E-state index >= 15 is 0 Å². The summed E-state index contributed by atoms with van der Waals surface area (Å²) in [4.78, 5) is 21.3. The Morgan fingerprint density at radius 1 is 1.40 bits per heavy atom. The lowest BCUT2D eigenvalue weighted by atomic mass is 10.1. The number of carbonyl (C=O) groups is 2. The van der Waals surface area contributed by atoms with Gasteiger partial charge in [-0.2, -0.15) is 0 Å². The van der Waals surface area contributed by atoms with Gasteiger partial charge in [0.2, 0.25) is 0 Å². The number of hydrogen-bond acceptors (Lipinski definition) is 4. The minimum Gasteiger partial charge on any atom is -0.478 e. The van der Waals surface area contributed by atoms with Gasteiger partial charge in [-0.05, 0) is 17.7 Å². The molecule has 0 atom stereocenters. The van der Waals surface area contributed by atoms with Crippen molar-refractivity contribution in [3.05, 3.63) is 29.3 Å². The summed E-state index contributed by atoms with van der Waals surface area (Å²) in [5.41, 5.74) is 10.6. The zero-order valence-corrected chi connectivity index (χ0v) is 7.77. The SMILES string of the molecule is NCc1ccc(OC(N)=O)c(C(=O)O)c1. The average Bonchev–Trinajstić information content (AvgIpc) is 2.17. The van der Waals surface area contributed by atoms with E-state index in [1.54, 1.807) is 6.07 Å². The second-order valence-electron chi connectivity index (χ2n) is 2.76. The van der Waals surface area contributed by atoms with Gasteiger partial charge in [0.25, 0.3) is 0 Å². The largest absolute Gasteiger partial charge is 0.478 e. The maximum Gasteiger partial charge on any atom is 0.409 e. The molecule has 1 aromatic carbocycles. The third-order valence-corrected chi connectivity index (χ3v) is 1.72. The van der Waals surface area contributed by atoms with Gasteiger partial charge in [0.05, 0.1) is 0 Å². The number of amides is 1. The fourth-order valence-corrected chi connectivity index (χ4v) is 1.07. The summed E-state index contributed by atoms with van der Waals surface area (Å²) in [5, 5.41) is 8.83. The van der Waals surface area contributed by atoms with E-state index in [4.69, 9.17) is 16.6 Å². The van der Waals surface area contributed by atoms with Crippen LogP contribution in [0.5, 0.6) is 5.75 Å². The molecule has 0 radical (unpaired) electrons. The Kier molecular flexibility index (Phi) is 3.25. The number of aromatic carboxylic acids is 1. The van der Waals surface area contributed by atoms with Crippen LogP contribution in [0.15, 0.2) is 18.2 Å². The molecule has 0 aliphatic heterocycles. The summed E-state index contributed by atoms with van der Waals surface area (Å²) < 4.78 is 4.52. The molecule has 1 amide bonds. The predicted octanol–water partition coefficient (Wildman–Crippen LogP) is 0.301. The first kappa shape index (κ1) is 11.0. The summed E-state index contributed by atoms with van der Waals surface area (Å²) in [7, 11) is 0. The summed E-state index contributed by atoms with van der Waals surface area (Å²) in [5.74, 6) is -1.30. The van der Waals surface area contributed by atoms with E-state index in [9.17, 15) is 9.59 Å². The molecule has 5 N–H and O–H groups in total. The van der Waals surface area contributed by atoms with Crippen LogP contribution < -0.4 is 16.2 Å². The molecule has 1 aromatic rings. The lowest BCUT2D eigenvalue weighted by Gasteiger charge is -2.06. The van der Waals surface area contributed by atoms with Crippen molar-refractivity contribution < 1.29 is 19.4 Å². The molecule has 0 bridgehead atoms. The van der Waals surface area contributed by atoms with Gasteiger partial charge in [0.15, 0.2) is 0 Å². The van der Waals surface area contributed by atoms with Crippen molar-refractivity contribution >= 4 is 12.1 Å². The highest BCUT2D eigenvalue weighted by Gasteiger charge is 2.13. The number of nitrogens with two attached hydrogens (primary N) is 2. The minimum atomic E-state index is -1.21. The van der Waals surface area contributed by atoms with Crippen molar-refractivity contribution in [2.75, 3.05) is 0 Å². The Morgan fingerprint density at radius 3 is 2.53 bits per heavy atom. The maximum absolute atomic E-state index is 10.8. The van der Waals surface area contributed by atoms with Crippen LogP contribution in [-0.2, 0) is 6.54 Å². The fourth-order valence-electron chi connectivity index (χ4n) is 1.07. The Morgan fingerprint density at radius 2 is 2.07 bits per heavy atom. The Hall–Kier alpha value is -2.08. The van der Waals surface area contributed by atoms with Crippen molar-refractivity contribution in [1.29, 1.82) is 0 Å². The molecule has 0 unspecified atom stereocenters. The van der Waals surface area contributed by atoms with Crippen LogP contribution >= 0.6 is 0 Å². The molecule has 0 fully saturated rings. The van der Waals surface area contributed by atoms with Crippen LogP contribution in [0, 0.1) is 0 Å². The van der Waals surface area contributed by atoms with Gasteiger partial charge in [0.1, 0.15) is 11.3 Å². The molecule has 0 aliphatic carbocycles. The topological polar surface area (TPSA) is 116 Å². The Bertz CT molecular complexity index is 403. The fraction of sp³-hybridized carbons (Fsp3) is 0.111. The summed E-state index contributed by atoms with van der Waals surface area (Å²) in [6, 6.07) is 4.24. The van der Waals surface area contributed by atoms with Gasteiger partial charge in [-0.1, -0.05) is 6.07 Å². The molecule has 0 heterocycles. The van der Waals surface area contributed by atoms with Crippen molar-refractivity contribution in [3.63, 3.8) is 0 Å².